The van der Waals surface area contributed by atoms with Crippen LogP contribution in [-0.2, 0) is 11.8 Å². The molecule has 1 fully saturated rings. The fourth-order valence-corrected chi connectivity index (χ4v) is 2.64. The second-order valence-electron chi connectivity index (χ2n) is 5.63. The van der Waals surface area contributed by atoms with Crippen molar-refractivity contribution in [3.63, 3.8) is 0 Å². The Labute approximate surface area is 118 Å². The second kappa shape index (κ2) is 5.29. The first-order valence-electron chi connectivity index (χ1n) is 7.16. The first-order chi connectivity index (χ1) is 9.65. The number of aliphatic hydroxyl groups is 1. The van der Waals surface area contributed by atoms with Gasteiger partial charge in [0.1, 0.15) is 0 Å². The van der Waals surface area contributed by atoms with Crippen molar-refractivity contribution in [2.45, 2.75) is 25.4 Å². The highest BCUT2D eigenvalue weighted by atomic mass is 16.3. The molecule has 3 rings (SSSR count). The van der Waals surface area contributed by atoms with Gasteiger partial charge in [0.2, 0.25) is 5.91 Å². The standard InChI is InChI=1S/C16H20N2O2/c1-18-8-7-12-9-13(5-6-14(12)18)15(19)10-17-16(20)11-3-2-4-11/h5-9,11,15,19H,2-4,10H2,1H3,(H,17,20). The summed E-state index contributed by atoms with van der Waals surface area (Å²) in [6.07, 6.45) is 4.46. The van der Waals surface area contributed by atoms with Crippen molar-refractivity contribution in [1.82, 2.24) is 9.88 Å². The average Bonchev–Trinajstić information content (AvgIpc) is 2.75. The molecule has 106 valence electrons. The number of amides is 1. The minimum atomic E-state index is -0.649. The molecule has 1 aromatic carbocycles. The molecular weight excluding hydrogens is 252 g/mol. The molecule has 1 aliphatic rings. The van der Waals surface area contributed by atoms with Gasteiger partial charge in [-0.1, -0.05) is 12.5 Å². The Balaban J connectivity index is 1.65. The minimum absolute atomic E-state index is 0.0797. The van der Waals surface area contributed by atoms with Gasteiger partial charge in [0.25, 0.3) is 0 Å². The number of carbonyl (C=O) groups excluding carboxylic acids is 1. The maximum absolute atomic E-state index is 11.8. The fraction of sp³-hybridized carbons (Fsp3) is 0.438. The van der Waals surface area contributed by atoms with Gasteiger partial charge in [-0.15, -0.1) is 0 Å². The van der Waals surface area contributed by atoms with E-state index in [-0.39, 0.29) is 18.4 Å². The Bertz CT molecular complexity index is 628. The molecule has 4 nitrogen and oxygen atoms in total. The van der Waals surface area contributed by atoms with E-state index in [1.807, 2.05) is 42.1 Å². The van der Waals surface area contributed by atoms with Crippen LogP contribution >= 0.6 is 0 Å². The van der Waals surface area contributed by atoms with Crippen LogP contribution in [0.2, 0.25) is 0 Å². The van der Waals surface area contributed by atoms with Crippen molar-refractivity contribution in [2.75, 3.05) is 6.54 Å². The number of aromatic nitrogens is 1. The van der Waals surface area contributed by atoms with Crippen LogP contribution in [0, 0.1) is 5.92 Å². The van der Waals surface area contributed by atoms with Crippen molar-refractivity contribution < 1.29 is 9.90 Å². The summed E-state index contributed by atoms with van der Waals surface area (Å²) in [6, 6.07) is 7.93. The van der Waals surface area contributed by atoms with Crippen LogP contribution in [0.3, 0.4) is 0 Å². The largest absolute Gasteiger partial charge is 0.387 e. The van der Waals surface area contributed by atoms with Crippen LogP contribution in [0.1, 0.15) is 30.9 Å². The third-order valence-corrected chi connectivity index (χ3v) is 4.24. The molecule has 1 aromatic heterocycles. The maximum atomic E-state index is 11.8. The maximum Gasteiger partial charge on any atom is 0.223 e. The summed E-state index contributed by atoms with van der Waals surface area (Å²) in [5.41, 5.74) is 1.98. The summed E-state index contributed by atoms with van der Waals surface area (Å²) in [6.45, 7) is 0.285. The monoisotopic (exact) mass is 272 g/mol. The van der Waals surface area contributed by atoms with Crippen LogP contribution in [-0.4, -0.2) is 22.1 Å². The van der Waals surface area contributed by atoms with Crippen molar-refractivity contribution >= 4 is 16.8 Å². The number of rotatable bonds is 4. The van der Waals surface area contributed by atoms with Crippen molar-refractivity contribution in [2.24, 2.45) is 13.0 Å². The number of nitrogens with zero attached hydrogens (tertiary/aromatic N) is 1. The van der Waals surface area contributed by atoms with Gasteiger partial charge in [-0.25, -0.2) is 0 Å². The molecule has 0 aliphatic heterocycles. The number of fused-ring (bicyclic) bond motifs is 1. The second-order valence-corrected chi connectivity index (χ2v) is 5.63. The van der Waals surface area contributed by atoms with Gasteiger partial charge in [-0.3, -0.25) is 4.79 Å². The smallest absolute Gasteiger partial charge is 0.223 e. The van der Waals surface area contributed by atoms with Gasteiger partial charge < -0.3 is 15.0 Å². The van der Waals surface area contributed by atoms with E-state index in [2.05, 4.69) is 5.32 Å². The molecule has 1 amide bonds. The number of aryl methyl sites for hydroxylation is 1. The average molecular weight is 272 g/mol. The molecule has 0 bridgehead atoms. The first kappa shape index (κ1) is 13.2. The number of nitrogens with one attached hydrogen (secondary N) is 1. The Hall–Kier alpha value is -1.81. The Morgan fingerprint density at radius 3 is 2.95 bits per heavy atom. The van der Waals surface area contributed by atoms with E-state index in [1.54, 1.807) is 0 Å². The van der Waals surface area contributed by atoms with Crippen LogP contribution in [0.15, 0.2) is 30.5 Å². The summed E-state index contributed by atoms with van der Waals surface area (Å²) in [5.74, 6) is 0.245. The summed E-state index contributed by atoms with van der Waals surface area (Å²) in [5, 5.41) is 14.1. The highest BCUT2D eigenvalue weighted by Gasteiger charge is 2.25. The molecule has 1 atom stereocenters. The highest BCUT2D eigenvalue weighted by molar-refractivity contribution is 5.81. The quantitative estimate of drug-likeness (QED) is 0.896. The van der Waals surface area contributed by atoms with E-state index in [0.29, 0.717) is 0 Å². The Morgan fingerprint density at radius 1 is 1.45 bits per heavy atom. The molecule has 2 aromatic rings. The van der Waals surface area contributed by atoms with Gasteiger partial charge >= 0.3 is 0 Å². The highest BCUT2D eigenvalue weighted by Crippen LogP contribution is 2.26. The molecule has 1 heterocycles. The van der Waals surface area contributed by atoms with E-state index in [0.717, 1.165) is 35.7 Å². The minimum Gasteiger partial charge on any atom is -0.387 e. The van der Waals surface area contributed by atoms with Gasteiger partial charge in [-0.05, 0) is 42.0 Å². The van der Waals surface area contributed by atoms with E-state index in [4.69, 9.17) is 0 Å². The molecule has 2 N–H and O–H groups in total. The molecule has 1 saturated carbocycles. The predicted molar refractivity (Wildman–Crippen MR) is 78.2 cm³/mol. The summed E-state index contributed by atoms with van der Waals surface area (Å²) >= 11 is 0. The molecule has 0 spiro atoms. The van der Waals surface area contributed by atoms with Crippen LogP contribution < -0.4 is 5.32 Å². The van der Waals surface area contributed by atoms with Crippen LogP contribution in [0.4, 0.5) is 0 Å². The molecular formula is C16H20N2O2. The third-order valence-electron chi connectivity index (χ3n) is 4.24. The van der Waals surface area contributed by atoms with Gasteiger partial charge in [0.15, 0.2) is 0 Å². The number of hydrogen-bond acceptors (Lipinski definition) is 2. The topological polar surface area (TPSA) is 54.3 Å². The number of benzene rings is 1. The fourth-order valence-electron chi connectivity index (χ4n) is 2.64. The number of aliphatic hydroxyl groups excluding tert-OH is 1. The lowest BCUT2D eigenvalue weighted by Crippen LogP contribution is -2.36. The Morgan fingerprint density at radius 2 is 2.25 bits per heavy atom. The summed E-state index contributed by atoms with van der Waals surface area (Å²) < 4.78 is 2.05. The zero-order chi connectivity index (χ0) is 14.1. The van der Waals surface area contributed by atoms with Gasteiger partial charge in [-0.2, -0.15) is 0 Å². The van der Waals surface area contributed by atoms with E-state index in [1.165, 1.54) is 0 Å². The molecule has 1 unspecified atom stereocenters. The summed E-state index contributed by atoms with van der Waals surface area (Å²) in [7, 11) is 2.00. The van der Waals surface area contributed by atoms with Gasteiger partial charge in [0, 0.05) is 31.2 Å². The van der Waals surface area contributed by atoms with Crippen LogP contribution in [0.5, 0.6) is 0 Å². The number of hydrogen-bond donors (Lipinski definition) is 2. The first-order valence-corrected chi connectivity index (χ1v) is 7.16. The van der Waals surface area contributed by atoms with Crippen molar-refractivity contribution in [3.05, 3.63) is 36.0 Å². The normalized spacial score (nSPS) is 16.9. The molecule has 0 radical (unpaired) electrons. The van der Waals surface area contributed by atoms with E-state index >= 15 is 0 Å². The predicted octanol–water partition coefficient (Wildman–Crippen LogP) is 2.13. The molecule has 0 saturated heterocycles. The zero-order valence-electron chi connectivity index (χ0n) is 11.7. The lowest BCUT2D eigenvalue weighted by molar-refractivity contribution is -0.127. The Kier molecular flexibility index (Phi) is 3.49. The van der Waals surface area contributed by atoms with E-state index < -0.39 is 6.10 Å². The SMILES string of the molecule is Cn1ccc2cc(C(O)CNC(=O)C3CCC3)ccc21. The van der Waals surface area contributed by atoms with Gasteiger partial charge in [0.05, 0.1) is 6.10 Å². The van der Waals surface area contributed by atoms with Crippen LogP contribution in [0.25, 0.3) is 10.9 Å². The zero-order valence-corrected chi connectivity index (χ0v) is 11.7. The molecule has 4 heteroatoms. The van der Waals surface area contributed by atoms with Crippen molar-refractivity contribution in [1.29, 1.82) is 0 Å². The lowest BCUT2D eigenvalue weighted by Gasteiger charge is -2.24. The van der Waals surface area contributed by atoms with Crippen molar-refractivity contribution in [3.8, 4) is 0 Å². The summed E-state index contributed by atoms with van der Waals surface area (Å²) in [4.78, 5) is 11.8. The number of carbonyl (C=O) groups is 1. The molecule has 20 heavy (non-hydrogen) atoms. The van der Waals surface area contributed by atoms with E-state index in [9.17, 15) is 9.90 Å². The molecule has 1 aliphatic carbocycles. The third kappa shape index (κ3) is 2.43. The lowest BCUT2D eigenvalue weighted by atomic mass is 9.85.